The van der Waals surface area contributed by atoms with Crippen molar-refractivity contribution in [2.75, 3.05) is 19.7 Å². The number of hydrazone groups is 1. The van der Waals surface area contributed by atoms with Crippen LogP contribution in [0.1, 0.15) is 55.8 Å². The first-order valence-corrected chi connectivity index (χ1v) is 12.9. The molecule has 7 nitrogen and oxygen atoms in total. The maximum absolute atomic E-state index is 13.0. The standard InChI is InChI=1S/C24H29N3O4S2/c1-24(2,3)23(30)26-10-8-16(9-11-26)22(29)31-15-21(28)27-18(20-7-5-13-33-20)14-17(25-27)19-6-4-12-32-19/h4-7,12-13,16,18H,8-11,14-15H2,1-3H3. The molecule has 9 heteroatoms. The summed E-state index contributed by atoms with van der Waals surface area (Å²) in [6, 6.07) is 7.75. The summed E-state index contributed by atoms with van der Waals surface area (Å²) in [6.07, 6.45) is 1.75. The number of hydrogen-bond donors (Lipinski definition) is 0. The molecule has 0 radical (unpaired) electrons. The highest BCUT2D eigenvalue weighted by molar-refractivity contribution is 7.12. The maximum Gasteiger partial charge on any atom is 0.309 e. The van der Waals surface area contributed by atoms with Crippen molar-refractivity contribution < 1.29 is 19.1 Å². The number of rotatable bonds is 5. The van der Waals surface area contributed by atoms with Crippen LogP contribution in [0, 0.1) is 11.3 Å². The van der Waals surface area contributed by atoms with Crippen molar-refractivity contribution in [2.24, 2.45) is 16.4 Å². The summed E-state index contributed by atoms with van der Waals surface area (Å²) in [7, 11) is 0. The highest BCUT2D eigenvalue weighted by Crippen LogP contribution is 2.36. The number of amides is 2. The molecule has 4 rings (SSSR count). The molecule has 2 aromatic heterocycles. The van der Waals surface area contributed by atoms with Gasteiger partial charge in [0.15, 0.2) is 6.61 Å². The molecule has 2 amide bonds. The number of esters is 1. The van der Waals surface area contributed by atoms with Crippen molar-refractivity contribution in [3.8, 4) is 0 Å². The summed E-state index contributed by atoms with van der Waals surface area (Å²) in [5.74, 6) is -0.898. The largest absolute Gasteiger partial charge is 0.455 e. The van der Waals surface area contributed by atoms with Crippen LogP contribution in [-0.2, 0) is 19.1 Å². The number of ether oxygens (including phenoxy) is 1. The van der Waals surface area contributed by atoms with Crippen molar-refractivity contribution in [3.63, 3.8) is 0 Å². The fraction of sp³-hybridized carbons (Fsp3) is 0.500. The summed E-state index contributed by atoms with van der Waals surface area (Å²) in [4.78, 5) is 42.0. The van der Waals surface area contributed by atoms with Gasteiger partial charge in [0, 0.05) is 29.8 Å². The number of carbonyl (C=O) groups excluding carboxylic acids is 3. The van der Waals surface area contributed by atoms with Gasteiger partial charge in [-0.25, -0.2) is 5.01 Å². The van der Waals surface area contributed by atoms with Crippen LogP contribution in [0.5, 0.6) is 0 Å². The molecular weight excluding hydrogens is 458 g/mol. The lowest BCUT2D eigenvalue weighted by Crippen LogP contribution is -2.45. The van der Waals surface area contributed by atoms with Crippen molar-refractivity contribution in [3.05, 3.63) is 44.8 Å². The van der Waals surface area contributed by atoms with Crippen molar-refractivity contribution in [1.29, 1.82) is 0 Å². The molecule has 33 heavy (non-hydrogen) atoms. The first kappa shape index (κ1) is 23.6. The zero-order valence-electron chi connectivity index (χ0n) is 19.2. The monoisotopic (exact) mass is 487 g/mol. The molecule has 1 saturated heterocycles. The molecule has 176 valence electrons. The van der Waals surface area contributed by atoms with E-state index in [0.29, 0.717) is 32.4 Å². The molecule has 0 bridgehead atoms. The van der Waals surface area contributed by atoms with Gasteiger partial charge in [-0.05, 0) is 35.7 Å². The third-order valence-corrected chi connectivity index (χ3v) is 7.83. The Morgan fingerprint density at radius 1 is 1.09 bits per heavy atom. The van der Waals surface area contributed by atoms with E-state index < -0.39 is 5.41 Å². The van der Waals surface area contributed by atoms with E-state index in [9.17, 15) is 14.4 Å². The van der Waals surface area contributed by atoms with Crippen molar-refractivity contribution in [2.45, 2.75) is 46.1 Å². The van der Waals surface area contributed by atoms with E-state index in [2.05, 4.69) is 5.10 Å². The second-order valence-electron chi connectivity index (χ2n) is 9.42. The van der Waals surface area contributed by atoms with Crippen LogP contribution in [-0.4, -0.2) is 53.1 Å². The van der Waals surface area contributed by atoms with E-state index in [4.69, 9.17) is 4.74 Å². The second-order valence-corrected chi connectivity index (χ2v) is 11.3. The van der Waals surface area contributed by atoms with Gasteiger partial charge in [-0.15, -0.1) is 22.7 Å². The van der Waals surface area contributed by atoms with Gasteiger partial charge in [-0.1, -0.05) is 32.9 Å². The Hall–Kier alpha value is -2.52. The number of piperidine rings is 1. The minimum absolute atomic E-state index is 0.0950. The average molecular weight is 488 g/mol. The SMILES string of the molecule is CC(C)(C)C(=O)N1CCC(C(=O)OCC(=O)N2N=C(c3cccs3)CC2c2cccs2)CC1. The van der Waals surface area contributed by atoms with Crippen LogP contribution in [0.15, 0.2) is 40.1 Å². The van der Waals surface area contributed by atoms with Gasteiger partial charge >= 0.3 is 5.97 Å². The molecule has 2 aliphatic rings. The van der Waals surface area contributed by atoms with E-state index in [0.717, 1.165) is 15.5 Å². The predicted octanol–water partition coefficient (Wildman–Crippen LogP) is 4.32. The number of carbonyl (C=O) groups is 3. The van der Waals surface area contributed by atoms with Crippen LogP contribution < -0.4 is 0 Å². The quantitative estimate of drug-likeness (QED) is 0.589. The Labute approximate surface area is 202 Å². The summed E-state index contributed by atoms with van der Waals surface area (Å²) < 4.78 is 5.41. The van der Waals surface area contributed by atoms with Crippen molar-refractivity contribution >= 4 is 46.2 Å². The van der Waals surface area contributed by atoms with Crippen molar-refractivity contribution in [1.82, 2.24) is 9.91 Å². The fourth-order valence-electron chi connectivity index (χ4n) is 4.14. The Balaban J connectivity index is 1.34. The van der Waals surface area contributed by atoms with E-state index >= 15 is 0 Å². The molecule has 0 spiro atoms. The number of hydrogen-bond acceptors (Lipinski definition) is 7. The third kappa shape index (κ3) is 5.35. The Bertz CT molecular complexity index is 1020. The lowest BCUT2D eigenvalue weighted by Gasteiger charge is -2.35. The molecule has 1 fully saturated rings. The number of thiophene rings is 2. The Morgan fingerprint density at radius 3 is 2.39 bits per heavy atom. The van der Waals surface area contributed by atoms with Gasteiger partial charge in [0.05, 0.1) is 22.5 Å². The summed E-state index contributed by atoms with van der Waals surface area (Å²) in [5, 5.41) is 10.0. The zero-order chi connectivity index (χ0) is 23.6. The van der Waals surface area contributed by atoms with Gasteiger partial charge in [0.25, 0.3) is 5.91 Å². The number of likely N-dealkylation sites (tertiary alicyclic amines) is 1. The zero-order valence-corrected chi connectivity index (χ0v) is 20.8. The van der Waals surface area contributed by atoms with Crippen LogP contribution in [0.3, 0.4) is 0 Å². The molecule has 2 aromatic rings. The molecule has 4 heterocycles. The molecule has 0 aromatic carbocycles. The van der Waals surface area contributed by atoms with E-state index in [1.807, 2.05) is 60.7 Å². The molecule has 1 unspecified atom stereocenters. The lowest BCUT2D eigenvalue weighted by molar-refractivity contribution is -0.158. The third-order valence-electron chi connectivity index (χ3n) is 5.94. The summed E-state index contributed by atoms with van der Waals surface area (Å²) in [6.45, 7) is 6.43. The Kier molecular flexibility index (Phi) is 6.99. The van der Waals surface area contributed by atoms with Gasteiger partial charge in [-0.3, -0.25) is 14.4 Å². The molecule has 2 aliphatic heterocycles. The highest BCUT2D eigenvalue weighted by Gasteiger charge is 2.36. The predicted molar refractivity (Wildman–Crippen MR) is 129 cm³/mol. The molecule has 0 N–H and O–H groups in total. The second kappa shape index (κ2) is 9.77. The molecule has 0 aliphatic carbocycles. The maximum atomic E-state index is 13.0. The van der Waals surface area contributed by atoms with Crippen LogP contribution in [0.2, 0.25) is 0 Å². The minimum atomic E-state index is -0.433. The molecule has 0 saturated carbocycles. The minimum Gasteiger partial charge on any atom is -0.455 e. The smallest absolute Gasteiger partial charge is 0.309 e. The highest BCUT2D eigenvalue weighted by atomic mass is 32.1. The van der Waals surface area contributed by atoms with Gasteiger partial charge in [0.1, 0.15) is 0 Å². The van der Waals surface area contributed by atoms with E-state index in [1.165, 1.54) is 5.01 Å². The van der Waals surface area contributed by atoms with Crippen LogP contribution in [0.4, 0.5) is 0 Å². The average Bonchev–Trinajstić information content (AvgIpc) is 3.56. The van der Waals surface area contributed by atoms with Gasteiger partial charge in [-0.2, -0.15) is 5.10 Å². The summed E-state index contributed by atoms with van der Waals surface area (Å²) >= 11 is 3.18. The van der Waals surface area contributed by atoms with E-state index in [1.54, 1.807) is 22.7 Å². The lowest BCUT2D eigenvalue weighted by atomic mass is 9.91. The van der Waals surface area contributed by atoms with Crippen LogP contribution in [0.25, 0.3) is 0 Å². The topological polar surface area (TPSA) is 79.3 Å². The number of nitrogens with zero attached hydrogens (tertiary/aromatic N) is 3. The first-order chi connectivity index (χ1) is 15.7. The normalized spacial score (nSPS) is 19.5. The Morgan fingerprint density at radius 2 is 1.79 bits per heavy atom. The van der Waals surface area contributed by atoms with E-state index in [-0.39, 0.29) is 36.4 Å². The molecule has 1 atom stereocenters. The first-order valence-electron chi connectivity index (χ1n) is 11.2. The van der Waals surface area contributed by atoms with Gasteiger partial charge < -0.3 is 9.64 Å². The summed E-state index contributed by atoms with van der Waals surface area (Å²) in [5.41, 5.74) is 0.441. The van der Waals surface area contributed by atoms with Gasteiger partial charge in [0.2, 0.25) is 5.91 Å². The fourth-order valence-corrected chi connectivity index (χ4v) is 5.68. The molecular formula is C24H29N3O4S2. The van der Waals surface area contributed by atoms with Crippen LogP contribution >= 0.6 is 22.7 Å².